The van der Waals surface area contributed by atoms with Gasteiger partial charge >= 0.3 is 5.97 Å². The standard InChI is InChI=1S/C14H16BrNO4/c1-20-12-6-5-8(7-11(12)15)16-13(17)9-3-2-4-10(9)14(18)19/h5-7,9-10H,2-4H2,1H3,(H,16,17)(H,18,19). The van der Waals surface area contributed by atoms with Crippen LogP contribution in [0.15, 0.2) is 22.7 Å². The van der Waals surface area contributed by atoms with Crippen molar-refractivity contribution in [2.24, 2.45) is 11.8 Å². The fraction of sp³-hybridized carbons (Fsp3) is 0.429. The molecule has 0 aliphatic heterocycles. The number of carboxylic acid groups (broad SMARTS) is 1. The zero-order chi connectivity index (χ0) is 14.7. The normalized spacial score (nSPS) is 21.5. The Kier molecular flexibility index (Phi) is 4.65. The lowest BCUT2D eigenvalue weighted by molar-refractivity contribution is -0.145. The second-order valence-corrected chi connectivity index (χ2v) is 5.68. The molecule has 2 unspecified atom stereocenters. The van der Waals surface area contributed by atoms with Crippen LogP contribution < -0.4 is 10.1 Å². The highest BCUT2D eigenvalue weighted by Crippen LogP contribution is 2.33. The molecule has 0 spiro atoms. The van der Waals surface area contributed by atoms with Crippen molar-refractivity contribution in [1.29, 1.82) is 0 Å². The summed E-state index contributed by atoms with van der Waals surface area (Å²) >= 11 is 3.35. The van der Waals surface area contributed by atoms with Crippen molar-refractivity contribution in [3.63, 3.8) is 0 Å². The van der Waals surface area contributed by atoms with Gasteiger partial charge < -0.3 is 15.2 Å². The number of hydrogen-bond acceptors (Lipinski definition) is 3. The van der Waals surface area contributed by atoms with Gasteiger partial charge in [0.15, 0.2) is 0 Å². The molecule has 1 aliphatic rings. The number of carbonyl (C=O) groups excluding carboxylic acids is 1. The van der Waals surface area contributed by atoms with Gasteiger partial charge in [-0.1, -0.05) is 6.42 Å². The molecule has 0 aromatic heterocycles. The fourth-order valence-corrected chi connectivity index (χ4v) is 3.09. The van der Waals surface area contributed by atoms with E-state index in [1.165, 1.54) is 0 Å². The minimum atomic E-state index is -0.890. The highest BCUT2D eigenvalue weighted by Gasteiger charge is 2.37. The molecule has 0 saturated heterocycles. The van der Waals surface area contributed by atoms with Crippen molar-refractivity contribution >= 4 is 33.5 Å². The van der Waals surface area contributed by atoms with Gasteiger partial charge in [0.05, 0.1) is 23.4 Å². The summed E-state index contributed by atoms with van der Waals surface area (Å²) in [5, 5.41) is 11.9. The summed E-state index contributed by atoms with van der Waals surface area (Å²) in [6.45, 7) is 0. The molecule has 108 valence electrons. The summed E-state index contributed by atoms with van der Waals surface area (Å²) < 4.78 is 5.85. The lowest BCUT2D eigenvalue weighted by atomic mass is 9.95. The van der Waals surface area contributed by atoms with Crippen LogP contribution in [0.5, 0.6) is 5.75 Å². The SMILES string of the molecule is COc1ccc(NC(=O)C2CCCC2C(=O)O)cc1Br. The number of anilines is 1. The van der Waals surface area contributed by atoms with Crippen LogP contribution in [0.4, 0.5) is 5.69 Å². The van der Waals surface area contributed by atoms with Crippen LogP contribution in [0.3, 0.4) is 0 Å². The Morgan fingerprint density at radius 3 is 2.65 bits per heavy atom. The van der Waals surface area contributed by atoms with Crippen molar-refractivity contribution < 1.29 is 19.4 Å². The second-order valence-electron chi connectivity index (χ2n) is 4.82. The average molecular weight is 342 g/mol. The number of benzene rings is 1. The van der Waals surface area contributed by atoms with Crippen LogP contribution >= 0.6 is 15.9 Å². The maximum atomic E-state index is 12.2. The summed E-state index contributed by atoms with van der Waals surface area (Å²) in [7, 11) is 1.56. The molecule has 1 amide bonds. The van der Waals surface area contributed by atoms with Crippen LogP contribution in [-0.2, 0) is 9.59 Å². The Morgan fingerprint density at radius 1 is 1.35 bits per heavy atom. The van der Waals surface area contributed by atoms with Gasteiger partial charge in [-0.05, 0) is 47.0 Å². The predicted molar refractivity (Wildman–Crippen MR) is 77.8 cm³/mol. The number of aliphatic carboxylic acids is 1. The van der Waals surface area contributed by atoms with E-state index in [1.54, 1.807) is 25.3 Å². The lowest BCUT2D eigenvalue weighted by Gasteiger charge is -2.16. The van der Waals surface area contributed by atoms with Gasteiger partial charge in [0.2, 0.25) is 5.91 Å². The Labute approximate surface area is 125 Å². The molecular formula is C14H16BrNO4. The van der Waals surface area contributed by atoms with Gasteiger partial charge in [-0.15, -0.1) is 0 Å². The number of nitrogens with one attached hydrogen (secondary N) is 1. The first-order valence-corrected chi connectivity index (χ1v) is 7.19. The number of hydrogen-bond donors (Lipinski definition) is 2. The molecule has 1 saturated carbocycles. The lowest BCUT2D eigenvalue weighted by Crippen LogP contribution is -2.29. The predicted octanol–water partition coefficient (Wildman–Crippen LogP) is 2.90. The zero-order valence-electron chi connectivity index (χ0n) is 11.1. The number of ether oxygens (including phenoxy) is 1. The highest BCUT2D eigenvalue weighted by molar-refractivity contribution is 9.10. The second kappa shape index (κ2) is 6.26. The van der Waals surface area contributed by atoms with E-state index in [4.69, 9.17) is 9.84 Å². The Hall–Kier alpha value is -1.56. The van der Waals surface area contributed by atoms with Gasteiger partial charge in [0.1, 0.15) is 5.75 Å². The maximum Gasteiger partial charge on any atom is 0.307 e. The quantitative estimate of drug-likeness (QED) is 0.882. The molecule has 0 bridgehead atoms. The van der Waals surface area contributed by atoms with Crippen molar-refractivity contribution in [3.8, 4) is 5.75 Å². The van der Waals surface area contributed by atoms with Gasteiger partial charge in [-0.2, -0.15) is 0 Å². The summed E-state index contributed by atoms with van der Waals surface area (Å²) in [6, 6.07) is 5.21. The van der Waals surface area contributed by atoms with Crippen molar-refractivity contribution in [1.82, 2.24) is 0 Å². The fourth-order valence-electron chi connectivity index (χ4n) is 2.55. The number of amides is 1. The van der Waals surface area contributed by atoms with E-state index in [2.05, 4.69) is 21.2 Å². The molecule has 6 heteroatoms. The third-order valence-corrected chi connectivity index (χ3v) is 4.21. The first kappa shape index (κ1) is 14.8. The summed E-state index contributed by atoms with van der Waals surface area (Å²) in [6.07, 6.45) is 1.97. The number of halogens is 1. The maximum absolute atomic E-state index is 12.2. The zero-order valence-corrected chi connectivity index (χ0v) is 12.6. The minimum Gasteiger partial charge on any atom is -0.496 e. The van der Waals surface area contributed by atoms with Gasteiger partial charge in [0.25, 0.3) is 0 Å². The minimum absolute atomic E-state index is 0.230. The topological polar surface area (TPSA) is 75.6 Å². The molecular weight excluding hydrogens is 326 g/mol. The molecule has 2 atom stereocenters. The first-order chi connectivity index (χ1) is 9.52. The van der Waals surface area contributed by atoms with Crippen LogP contribution in [0.2, 0.25) is 0 Å². The van der Waals surface area contributed by atoms with Crippen LogP contribution in [0.25, 0.3) is 0 Å². The first-order valence-electron chi connectivity index (χ1n) is 6.40. The van der Waals surface area contributed by atoms with Crippen molar-refractivity contribution in [3.05, 3.63) is 22.7 Å². The summed E-state index contributed by atoms with van der Waals surface area (Å²) in [5.74, 6) is -1.47. The van der Waals surface area contributed by atoms with Gasteiger partial charge in [0, 0.05) is 5.69 Å². The Bertz CT molecular complexity index is 532. The molecule has 5 nitrogen and oxygen atoms in total. The van der Waals surface area contributed by atoms with E-state index in [-0.39, 0.29) is 5.91 Å². The monoisotopic (exact) mass is 341 g/mol. The molecule has 2 rings (SSSR count). The van der Waals surface area contributed by atoms with Gasteiger partial charge in [-0.25, -0.2) is 0 Å². The summed E-state index contributed by atoms with van der Waals surface area (Å²) in [5.41, 5.74) is 0.624. The Morgan fingerprint density at radius 2 is 2.05 bits per heavy atom. The molecule has 1 aromatic rings. The molecule has 20 heavy (non-hydrogen) atoms. The highest BCUT2D eigenvalue weighted by atomic mass is 79.9. The van der Waals surface area contributed by atoms with E-state index >= 15 is 0 Å². The van der Waals surface area contributed by atoms with Gasteiger partial charge in [-0.3, -0.25) is 9.59 Å². The molecule has 0 heterocycles. The molecule has 1 aliphatic carbocycles. The largest absolute Gasteiger partial charge is 0.496 e. The number of carbonyl (C=O) groups is 2. The van der Waals surface area contributed by atoms with Crippen molar-refractivity contribution in [2.75, 3.05) is 12.4 Å². The molecule has 0 radical (unpaired) electrons. The smallest absolute Gasteiger partial charge is 0.307 e. The molecule has 1 aromatic carbocycles. The third-order valence-electron chi connectivity index (χ3n) is 3.59. The van der Waals surface area contributed by atoms with E-state index in [0.717, 1.165) is 10.9 Å². The van der Waals surface area contributed by atoms with E-state index in [0.29, 0.717) is 24.3 Å². The van der Waals surface area contributed by atoms with E-state index in [1.807, 2.05) is 0 Å². The molecule has 2 N–H and O–H groups in total. The number of rotatable bonds is 4. The van der Waals surface area contributed by atoms with E-state index < -0.39 is 17.8 Å². The van der Waals surface area contributed by atoms with E-state index in [9.17, 15) is 9.59 Å². The van der Waals surface area contributed by atoms with Crippen LogP contribution in [-0.4, -0.2) is 24.1 Å². The van der Waals surface area contributed by atoms with Crippen LogP contribution in [0, 0.1) is 11.8 Å². The van der Waals surface area contributed by atoms with Crippen LogP contribution in [0.1, 0.15) is 19.3 Å². The number of carboxylic acids is 1. The van der Waals surface area contributed by atoms with Crippen molar-refractivity contribution in [2.45, 2.75) is 19.3 Å². The number of methoxy groups -OCH3 is 1. The summed E-state index contributed by atoms with van der Waals surface area (Å²) in [4.78, 5) is 23.3. The average Bonchev–Trinajstić information content (AvgIpc) is 2.88. The Balaban J connectivity index is 2.08. The third kappa shape index (κ3) is 3.12. The molecule has 1 fully saturated rings.